The van der Waals surface area contributed by atoms with Crippen molar-refractivity contribution in [2.75, 3.05) is 0 Å². The SMILES string of the molecule is CC1(C)c2ccccc2-c2ccc3c4c(ccc1c24)-c1cc(-c2ccc4c5c2C=CC2=CC=CC(=CC4)C25)ccc1-3. The summed E-state index contributed by atoms with van der Waals surface area (Å²) in [5, 5.41) is 2.87. The molecule has 0 fully saturated rings. The molecule has 1 unspecified atom stereocenters. The van der Waals surface area contributed by atoms with Gasteiger partial charge >= 0.3 is 0 Å². The zero-order valence-corrected chi connectivity index (χ0v) is 23.3. The number of fused-ring (bicyclic) bond motifs is 5. The molecule has 0 N–H and O–H groups in total. The molecular weight excluding hydrogens is 492 g/mol. The Hall–Kier alpha value is -4.68. The second-order valence-electron chi connectivity index (χ2n) is 12.8. The minimum absolute atomic E-state index is 0.0340. The van der Waals surface area contributed by atoms with E-state index in [4.69, 9.17) is 0 Å². The topological polar surface area (TPSA) is 0 Å². The molecule has 0 spiro atoms. The predicted molar refractivity (Wildman–Crippen MR) is 172 cm³/mol. The van der Waals surface area contributed by atoms with Gasteiger partial charge in [0.1, 0.15) is 0 Å². The zero-order valence-electron chi connectivity index (χ0n) is 23.3. The maximum atomic E-state index is 2.46. The van der Waals surface area contributed by atoms with Gasteiger partial charge in [0, 0.05) is 11.3 Å². The summed E-state index contributed by atoms with van der Waals surface area (Å²) >= 11 is 0. The summed E-state index contributed by atoms with van der Waals surface area (Å²) in [4.78, 5) is 0. The number of hydrogen-bond donors (Lipinski definition) is 0. The molecule has 0 aliphatic heterocycles. The molecule has 0 radical (unpaired) electrons. The molecule has 41 heavy (non-hydrogen) atoms. The second kappa shape index (κ2) is 7.33. The van der Waals surface area contributed by atoms with Crippen LogP contribution in [0.4, 0.5) is 0 Å². The third-order valence-corrected chi connectivity index (χ3v) is 10.5. The van der Waals surface area contributed by atoms with Crippen molar-refractivity contribution < 1.29 is 0 Å². The molecule has 0 saturated carbocycles. The van der Waals surface area contributed by atoms with Gasteiger partial charge in [-0.3, -0.25) is 0 Å². The Morgan fingerprint density at radius 1 is 0.610 bits per heavy atom. The van der Waals surface area contributed by atoms with E-state index in [-0.39, 0.29) is 5.41 Å². The lowest BCUT2D eigenvalue weighted by Gasteiger charge is -2.35. The molecule has 0 bridgehead atoms. The second-order valence-corrected chi connectivity index (χ2v) is 12.8. The van der Waals surface area contributed by atoms with Crippen molar-refractivity contribution in [3.63, 3.8) is 0 Å². The van der Waals surface area contributed by atoms with Crippen LogP contribution in [0.5, 0.6) is 0 Å². The summed E-state index contributed by atoms with van der Waals surface area (Å²) in [6.45, 7) is 4.77. The van der Waals surface area contributed by atoms with E-state index in [9.17, 15) is 0 Å². The fourth-order valence-corrected chi connectivity index (χ4v) is 8.63. The van der Waals surface area contributed by atoms with Crippen LogP contribution in [-0.2, 0) is 11.8 Å². The molecule has 0 nitrogen and oxygen atoms in total. The first-order valence-electron chi connectivity index (χ1n) is 14.9. The van der Waals surface area contributed by atoms with Gasteiger partial charge in [-0.15, -0.1) is 0 Å². The summed E-state index contributed by atoms with van der Waals surface area (Å²) in [6.07, 6.45) is 14.9. The van der Waals surface area contributed by atoms with Gasteiger partial charge < -0.3 is 0 Å². The monoisotopic (exact) mass is 520 g/mol. The summed E-state index contributed by atoms with van der Waals surface area (Å²) in [6, 6.07) is 30.5. The van der Waals surface area contributed by atoms with Gasteiger partial charge in [0.2, 0.25) is 0 Å². The van der Waals surface area contributed by atoms with Gasteiger partial charge in [-0.05, 0) is 107 Å². The number of hydrogen-bond acceptors (Lipinski definition) is 0. The standard InChI is InChI=1S/C41H28/c1-41(2)35-9-4-3-8-29(35)32-19-18-31-28-16-14-26(22-34(28)33-20-21-36(41)40(32)39(31)33)27-15-12-25-11-10-23-6-5-7-24-13-17-30(27)38(25)37(23)24/h3-10,12-22,37H,11H2,1-2H3. The van der Waals surface area contributed by atoms with Crippen LogP contribution in [0.25, 0.3) is 61.4 Å². The average Bonchev–Trinajstić information content (AvgIpc) is 3.34. The van der Waals surface area contributed by atoms with E-state index in [0.29, 0.717) is 5.92 Å². The molecule has 10 rings (SSSR count). The van der Waals surface area contributed by atoms with Crippen LogP contribution in [0.2, 0.25) is 0 Å². The van der Waals surface area contributed by atoms with Gasteiger partial charge in [0.25, 0.3) is 0 Å². The van der Waals surface area contributed by atoms with Crippen molar-refractivity contribution >= 4 is 16.8 Å². The van der Waals surface area contributed by atoms with Gasteiger partial charge in [-0.1, -0.05) is 123 Å². The Labute approximate surface area is 240 Å². The van der Waals surface area contributed by atoms with Crippen LogP contribution in [0.1, 0.15) is 47.6 Å². The van der Waals surface area contributed by atoms with E-state index in [0.717, 1.165) is 6.42 Å². The van der Waals surface area contributed by atoms with Crippen LogP contribution in [0.3, 0.4) is 0 Å². The molecule has 0 heteroatoms. The summed E-state index contributed by atoms with van der Waals surface area (Å²) < 4.78 is 0. The lowest BCUT2D eigenvalue weighted by atomic mass is 9.68. The van der Waals surface area contributed by atoms with Crippen LogP contribution in [0.15, 0.2) is 120 Å². The molecule has 0 heterocycles. The first kappa shape index (κ1) is 22.1. The van der Waals surface area contributed by atoms with Crippen molar-refractivity contribution in [1.82, 2.24) is 0 Å². The van der Waals surface area contributed by atoms with Crippen molar-refractivity contribution in [3.8, 4) is 44.5 Å². The summed E-state index contributed by atoms with van der Waals surface area (Å²) in [5.41, 5.74) is 21.0. The Bertz CT molecular complexity index is 2190. The van der Waals surface area contributed by atoms with E-state index in [1.165, 1.54) is 94.2 Å². The summed E-state index contributed by atoms with van der Waals surface area (Å²) in [7, 11) is 0. The van der Waals surface area contributed by atoms with Crippen LogP contribution >= 0.6 is 0 Å². The fourth-order valence-electron chi connectivity index (χ4n) is 8.63. The molecular formula is C41H28. The van der Waals surface area contributed by atoms with Gasteiger partial charge in [0.05, 0.1) is 0 Å². The lowest BCUT2D eigenvalue weighted by molar-refractivity contribution is 0.645. The van der Waals surface area contributed by atoms with E-state index < -0.39 is 0 Å². The molecule has 0 aromatic heterocycles. The van der Waals surface area contributed by atoms with Crippen LogP contribution in [0, 0.1) is 0 Å². The lowest BCUT2D eigenvalue weighted by Crippen LogP contribution is -2.23. The maximum Gasteiger partial charge on any atom is 0.0345 e. The Kier molecular flexibility index (Phi) is 3.95. The molecule has 192 valence electrons. The van der Waals surface area contributed by atoms with E-state index in [1.807, 2.05) is 0 Å². The van der Waals surface area contributed by atoms with E-state index in [2.05, 4.69) is 129 Å². The van der Waals surface area contributed by atoms with E-state index in [1.54, 1.807) is 0 Å². The number of benzene rings is 5. The van der Waals surface area contributed by atoms with Crippen molar-refractivity contribution in [2.24, 2.45) is 0 Å². The zero-order chi connectivity index (χ0) is 27.0. The Balaban J connectivity index is 1.19. The largest absolute Gasteiger partial charge is 0.0759 e. The van der Waals surface area contributed by atoms with Gasteiger partial charge in [-0.25, -0.2) is 0 Å². The highest BCUT2D eigenvalue weighted by atomic mass is 14.4. The minimum atomic E-state index is -0.0340. The minimum Gasteiger partial charge on any atom is -0.0759 e. The van der Waals surface area contributed by atoms with Gasteiger partial charge in [-0.2, -0.15) is 0 Å². The molecule has 1 atom stereocenters. The number of rotatable bonds is 1. The van der Waals surface area contributed by atoms with Gasteiger partial charge in [0.15, 0.2) is 0 Å². The third kappa shape index (κ3) is 2.62. The highest BCUT2D eigenvalue weighted by Gasteiger charge is 2.36. The average molecular weight is 521 g/mol. The quantitative estimate of drug-likeness (QED) is 0.202. The fraction of sp³-hybridized carbons (Fsp3) is 0.122. The van der Waals surface area contributed by atoms with Crippen molar-refractivity contribution in [2.45, 2.75) is 31.6 Å². The van der Waals surface area contributed by atoms with Crippen molar-refractivity contribution in [3.05, 3.63) is 148 Å². The first-order chi connectivity index (χ1) is 20.1. The molecule has 5 aliphatic rings. The predicted octanol–water partition coefficient (Wildman–Crippen LogP) is 10.5. The van der Waals surface area contributed by atoms with Crippen LogP contribution in [-0.4, -0.2) is 0 Å². The Morgan fingerprint density at radius 3 is 2.32 bits per heavy atom. The third-order valence-electron chi connectivity index (χ3n) is 10.5. The molecule has 5 aromatic rings. The normalized spacial score (nSPS) is 18.9. The number of allylic oxidation sites excluding steroid dienone is 7. The van der Waals surface area contributed by atoms with E-state index >= 15 is 0 Å². The molecule has 5 aliphatic carbocycles. The molecule has 5 aromatic carbocycles. The summed E-state index contributed by atoms with van der Waals surface area (Å²) in [5.74, 6) is 0.379. The van der Waals surface area contributed by atoms with Crippen molar-refractivity contribution in [1.29, 1.82) is 0 Å². The smallest absolute Gasteiger partial charge is 0.0345 e. The highest BCUT2D eigenvalue weighted by molar-refractivity contribution is 6.21. The molecule has 0 amide bonds. The maximum absolute atomic E-state index is 2.46. The highest BCUT2D eigenvalue weighted by Crippen LogP contribution is 2.56. The van der Waals surface area contributed by atoms with Crippen LogP contribution < -0.4 is 0 Å². The molecule has 0 saturated heterocycles. The first-order valence-corrected chi connectivity index (χ1v) is 14.9. The Morgan fingerprint density at radius 2 is 1.39 bits per heavy atom.